The van der Waals surface area contributed by atoms with Gasteiger partial charge >= 0.3 is 0 Å². The maximum absolute atomic E-state index is 12.9. The Labute approximate surface area is 282 Å². The maximum Gasteiger partial charge on any atom is 0.237 e. The van der Waals surface area contributed by atoms with Crippen molar-refractivity contribution in [2.24, 2.45) is 11.7 Å². The lowest BCUT2D eigenvalue weighted by atomic mass is 9.92. The number of likely N-dealkylation sites (tertiary alicyclic amines) is 1. The fourth-order valence-corrected chi connectivity index (χ4v) is 7.15. The van der Waals surface area contributed by atoms with Gasteiger partial charge in [0, 0.05) is 30.2 Å². The molecule has 0 saturated carbocycles. The van der Waals surface area contributed by atoms with Gasteiger partial charge in [0.1, 0.15) is 35.6 Å². The summed E-state index contributed by atoms with van der Waals surface area (Å²) in [5.74, 6) is 1.19. The van der Waals surface area contributed by atoms with Gasteiger partial charge in [0.2, 0.25) is 5.91 Å². The molecule has 3 unspecified atom stereocenters. The number of nitrogens with one attached hydrogen (secondary N) is 2. The average Bonchev–Trinajstić information content (AvgIpc) is 3.41. The van der Waals surface area contributed by atoms with Crippen LogP contribution in [0.3, 0.4) is 0 Å². The molecule has 2 saturated heterocycles. The lowest BCUT2D eigenvalue weighted by molar-refractivity contribution is -0.205. The lowest BCUT2D eigenvalue weighted by Crippen LogP contribution is -2.65. The predicted octanol–water partition coefficient (Wildman–Crippen LogP) is 3.17. The number of fused-ring (bicyclic) bond motifs is 1. The van der Waals surface area contributed by atoms with Gasteiger partial charge in [-0.2, -0.15) is 0 Å². The van der Waals surface area contributed by atoms with Gasteiger partial charge in [0.15, 0.2) is 0 Å². The number of carbonyl (C=O) groups excluding carboxylic acids is 1. The van der Waals surface area contributed by atoms with E-state index in [2.05, 4.69) is 29.5 Å². The summed E-state index contributed by atoms with van der Waals surface area (Å²) in [6, 6.07) is 7.40. The zero-order valence-corrected chi connectivity index (χ0v) is 29.5. The zero-order chi connectivity index (χ0) is 34.0. The van der Waals surface area contributed by atoms with Gasteiger partial charge < -0.3 is 41.2 Å². The molecule has 13 heteroatoms. The molecule has 11 nitrogen and oxygen atoms in total. The predicted molar refractivity (Wildman–Crippen MR) is 187 cm³/mol. The number of halogens is 1. The van der Waals surface area contributed by atoms with Gasteiger partial charge in [-0.3, -0.25) is 14.7 Å². The molecule has 0 spiro atoms. The van der Waals surface area contributed by atoms with Crippen molar-refractivity contribution >= 4 is 45.9 Å². The van der Waals surface area contributed by atoms with E-state index in [1.54, 1.807) is 20.3 Å². The van der Waals surface area contributed by atoms with Crippen LogP contribution in [-0.2, 0) is 9.53 Å². The van der Waals surface area contributed by atoms with Gasteiger partial charge in [-0.15, -0.1) is 23.4 Å². The Morgan fingerprint density at radius 3 is 2.63 bits per heavy atom. The van der Waals surface area contributed by atoms with Crippen LogP contribution in [0.1, 0.15) is 52.9 Å². The summed E-state index contributed by atoms with van der Waals surface area (Å²) in [5, 5.41) is 37.6. The largest absolute Gasteiger partial charge is 0.497 e. The fraction of sp³-hybridized carbons (Fsp3) is 0.697. The number of carbonyl (C=O) groups is 1. The number of nitrogens with zero attached hydrogens (tertiary/aromatic N) is 2. The number of ether oxygens (including phenoxy) is 2. The highest BCUT2D eigenvalue weighted by Crippen LogP contribution is 2.32. The van der Waals surface area contributed by atoms with E-state index in [9.17, 15) is 20.1 Å². The molecule has 46 heavy (non-hydrogen) atoms. The number of nitrogens with two attached hydrogens (primary N) is 1. The van der Waals surface area contributed by atoms with Crippen molar-refractivity contribution in [1.29, 1.82) is 0 Å². The summed E-state index contributed by atoms with van der Waals surface area (Å²) in [6.07, 6.45) is 3.77. The van der Waals surface area contributed by atoms with E-state index in [1.807, 2.05) is 42.4 Å². The van der Waals surface area contributed by atoms with Crippen molar-refractivity contribution in [3.8, 4) is 5.75 Å². The zero-order valence-electron chi connectivity index (χ0n) is 27.9. The smallest absolute Gasteiger partial charge is 0.237 e. The summed E-state index contributed by atoms with van der Waals surface area (Å²) in [6.45, 7) is 7.62. The van der Waals surface area contributed by atoms with E-state index >= 15 is 0 Å². The van der Waals surface area contributed by atoms with Crippen LogP contribution in [0.5, 0.6) is 5.75 Å². The molecular weight excluding hydrogens is 630 g/mol. The number of anilines is 1. The van der Waals surface area contributed by atoms with Gasteiger partial charge in [-0.05, 0) is 77.4 Å². The van der Waals surface area contributed by atoms with Crippen molar-refractivity contribution in [3.63, 3.8) is 0 Å². The third-order valence-electron chi connectivity index (χ3n) is 8.79. The van der Waals surface area contributed by atoms with Crippen LogP contribution in [-0.4, -0.2) is 118 Å². The molecule has 3 heterocycles. The highest BCUT2D eigenvalue weighted by molar-refractivity contribution is 7.99. The molecular formula is C33H54ClN5O6S. The Morgan fingerprint density at radius 1 is 1.26 bits per heavy atom. The molecule has 1 aromatic carbocycles. The van der Waals surface area contributed by atoms with Crippen molar-refractivity contribution < 1.29 is 29.6 Å². The first kappa shape index (κ1) is 38.5. The minimum atomic E-state index is -1.36. The Bertz CT molecular complexity index is 1230. The SMILES string of the molecule is CCC[C@@H]1C[C@@H](C(=O)NC(C(C)Cl)[C@H]2O[C@H](SC)[C@H](O)[C@@H](O)[C@H]2O)N(C)C1.COc1cc(NC(C)CCCN)c2ncccc2c1. The quantitative estimate of drug-likeness (QED) is 0.172. The monoisotopic (exact) mass is 683 g/mol. The molecule has 4 rings (SSSR count). The summed E-state index contributed by atoms with van der Waals surface area (Å²) in [4.78, 5) is 19.4. The Balaban J connectivity index is 0.000000266. The van der Waals surface area contributed by atoms with Gasteiger partial charge in [0.05, 0.1) is 35.8 Å². The van der Waals surface area contributed by atoms with Crippen LogP contribution in [0.4, 0.5) is 5.69 Å². The van der Waals surface area contributed by atoms with Gasteiger partial charge in [0.25, 0.3) is 0 Å². The number of alkyl halides is 1. The van der Waals surface area contributed by atoms with Crippen LogP contribution < -0.4 is 21.1 Å². The Hall–Kier alpha value is -1.90. The van der Waals surface area contributed by atoms with Gasteiger partial charge in [-0.1, -0.05) is 19.4 Å². The van der Waals surface area contributed by atoms with Crippen molar-refractivity contribution in [2.45, 2.75) is 106 Å². The van der Waals surface area contributed by atoms with E-state index in [-0.39, 0.29) is 11.9 Å². The van der Waals surface area contributed by atoms with Crippen LogP contribution in [0.25, 0.3) is 10.9 Å². The molecule has 2 fully saturated rings. The highest BCUT2D eigenvalue weighted by Gasteiger charge is 2.48. The maximum atomic E-state index is 12.9. The van der Waals surface area contributed by atoms with Crippen molar-refractivity contribution in [2.75, 3.05) is 38.8 Å². The number of benzene rings is 1. The molecule has 0 bridgehead atoms. The molecule has 260 valence electrons. The second-order valence-corrected chi connectivity index (χ2v) is 14.1. The second-order valence-electron chi connectivity index (χ2n) is 12.5. The Morgan fingerprint density at radius 2 is 2.00 bits per heavy atom. The highest BCUT2D eigenvalue weighted by atomic mass is 35.5. The summed E-state index contributed by atoms with van der Waals surface area (Å²) in [7, 11) is 3.62. The van der Waals surface area contributed by atoms with E-state index in [1.165, 1.54) is 11.8 Å². The van der Waals surface area contributed by atoms with Crippen LogP contribution in [0, 0.1) is 5.92 Å². The van der Waals surface area contributed by atoms with Crippen molar-refractivity contribution in [3.05, 3.63) is 30.5 Å². The van der Waals surface area contributed by atoms with Crippen molar-refractivity contribution in [1.82, 2.24) is 15.2 Å². The first-order chi connectivity index (χ1) is 21.9. The molecule has 0 radical (unpaired) electrons. The number of hydrogen-bond donors (Lipinski definition) is 6. The number of aromatic nitrogens is 1. The topological polar surface area (TPSA) is 162 Å². The standard InChI is InChI=1S/C18H33ClN2O5S.C15H21N3O/c1-5-6-10-7-11(21(3)8-10)17(25)20-12(9(2)19)16-14(23)13(22)15(24)18(26-16)27-4;1-11(5-3-7-16)18-14-10-13(19-2)9-12-6-4-8-17-15(12)14/h9-16,18,22-24H,5-8H2,1-4H3,(H,20,25);4,6,8-11,18H,3,5,7,16H2,1-2H3/t9?,10-,11+,12?,13+,14-,15-,16-,18-;/m1./s1. The number of likely N-dealkylation sites (N-methyl/N-ethyl adjacent to an activating group) is 1. The van der Waals surface area contributed by atoms with E-state index in [0.29, 0.717) is 12.0 Å². The third-order valence-corrected chi connectivity index (χ3v) is 9.91. The minimum absolute atomic E-state index is 0.147. The first-order valence-corrected chi connectivity index (χ1v) is 17.9. The molecule has 2 aliphatic heterocycles. The molecule has 7 N–H and O–H groups in total. The first-order valence-electron chi connectivity index (χ1n) is 16.2. The van der Waals surface area contributed by atoms with E-state index in [4.69, 9.17) is 26.8 Å². The minimum Gasteiger partial charge on any atom is -0.497 e. The lowest BCUT2D eigenvalue weighted by Gasteiger charge is -2.44. The number of hydrogen-bond acceptors (Lipinski definition) is 11. The number of methoxy groups -OCH3 is 1. The number of rotatable bonds is 13. The average molecular weight is 684 g/mol. The molecule has 10 atom stereocenters. The molecule has 2 aromatic rings. The molecule has 0 aliphatic carbocycles. The van der Waals surface area contributed by atoms with E-state index < -0.39 is 41.3 Å². The second kappa shape index (κ2) is 18.6. The Kier molecular flexibility index (Phi) is 15.6. The van der Waals surface area contributed by atoms with Crippen LogP contribution in [0.2, 0.25) is 0 Å². The third kappa shape index (κ3) is 10.1. The fourth-order valence-electron chi connectivity index (χ4n) is 6.27. The number of amides is 1. The molecule has 2 aliphatic rings. The number of aliphatic hydroxyl groups is 3. The van der Waals surface area contributed by atoms with Gasteiger partial charge in [-0.25, -0.2) is 0 Å². The number of pyridine rings is 1. The normalized spacial score (nSPS) is 28.5. The number of aliphatic hydroxyl groups excluding tert-OH is 3. The summed E-state index contributed by atoms with van der Waals surface area (Å²) < 4.78 is 11.1. The van der Waals surface area contributed by atoms with E-state index in [0.717, 1.165) is 67.5 Å². The molecule has 1 aromatic heterocycles. The summed E-state index contributed by atoms with van der Waals surface area (Å²) >= 11 is 7.55. The number of thioether (sulfide) groups is 1. The molecule has 1 amide bonds. The summed E-state index contributed by atoms with van der Waals surface area (Å²) in [5.41, 5.74) is 6.83. The van der Waals surface area contributed by atoms with Crippen LogP contribution in [0.15, 0.2) is 30.5 Å². The van der Waals surface area contributed by atoms with Crippen LogP contribution >= 0.6 is 23.4 Å².